The molecule has 1 heterocycles. The average Bonchev–Trinajstić information content (AvgIpc) is 2.99. The maximum absolute atomic E-state index is 4.28. The van der Waals surface area contributed by atoms with E-state index >= 15 is 0 Å². The van der Waals surface area contributed by atoms with Crippen molar-refractivity contribution in [2.24, 2.45) is 5.92 Å². The molecule has 0 aliphatic heterocycles. The molecule has 0 spiro atoms. The van der Waals surface area contributed by atoms with Crippen LogP contribution >= 0.6 is 0 Å². The van der Waals surface area contributed by atoms with E-state index in [1.54, 1.807) is 0 Å². The Balaban J connectivity index is 1.91. The molecule has 1 fully saturated rings. The zero-order valence-electron chi connectivity index (χ0n) is 8.83. The van der Waals surface area contributed by atoms with Gasteiger partial charge in [0, 0.05) is 18.9 Å². The fraction of sp³-hybridized carbons (Fsp3) is 0.636. The van der Waals surface area contributed by atoms with Crippen molar-refractivity contribution in [2.75, 3.05) is 11.9 Å². The average molecular weight is 191 g/mol. The summed E-state index contributed by atoms with van der Waals surface area (Å²) < 4.78 is 0. The number of aromatic nitrogens is 2. The molecule has 0 bridgehead atoms. The molecule has 1 saturated carbocycles. The summed E-state index contributed by atoms with van der Waals surface area (Å²) in [4.78, 5) is 8.55. The Hall–Kier alpha value is -1.12. The van der Waals surface area contributed by atoms with Gasteiger partial charge >= 0.3 is 0 Å². The molecule has 0 amide bonds. The van der Waals surface area contributed by atoms with Crippen molar-refractivity contribution >= 4 is 5.95 Å². The molecular weight excluding hydrogens is 174 g/mol. The van der Waals surface area contributed by atoms with Crippen molar-refractivity contribution in [3.8, 4) is 0 Å². The van der Waals surface area contributed by atoms with Gasteiger partial charge in [0.2, 0.25) is 5.95 Å². The predicted octanol–water partition coefficient (Wildman–Crippen LogP) is 2.42. The number of rotatable bonds is 4. The van der Waals surface area contributed by atoms with Crippen molar-refractivity contribution in [1.29, 1.82) is 0 Å². The molecule has 76 valence electrons. The smallest absolute Gasteiger partial charge is 0.222 e. The van der Waals surface area contributed by atoms with Gasteiger partial charge in [-0.25, -0.2) is 9.97 Å². The second-order valence-corrected chi connectivity index (χ2v) is 4.32. The Morgan fingerprint density at radius 1 is 1.36 bits per heavy atom. The van der Waals surface area contributed by atoms with E-state index in [0.29, 0.717) is 5.92 Å². The molecule has 0 aromatic carbocycles. The number of anilines is 1. The maximum Gasteiger partial charge on any atom is 0.222 e. The van der Waals surface area contributed by atoms with Crippen molar-refractivity contribution in [1.82, 2.24) is 9.97 Å². The number of nitrogens with zero attached hydrogens (tertiary/aromatic N) is 2. The van der Waals surface area contributed by atoms with E-state index in [1.807, 2.05) is 12.4 Å². The van der Waals surface area contributed by atoms with Gasteiger partial charge in [0.05, 0.1) is 0 Å². The standard InChI is InChI=1S/C11H17N3/c1-8(2)10-6-13-11(14-7-10)12-5-9-3-4-9/h6-9H,3-5H2,1-2H3,(H,12,13,14). The first-order chi connectivity index (χ1) is 6.75. The summed E-state index contributed by atoms with van der Waals surface area (Å²) in [6.45, 7) is 5.33. The molecule has 1 aliphatic carbocycles. The van der Waals surface area contributed by atoms with Crippen LogP contribution in [0.3, 0.4) is 0 Å². The van der Waals surface area contributed by atoms with Crippen LogP contribution in [0.5, 0.6) is 0 Å². The molecule has 14 heavy (non-hydrogen) atoms. The van der Waals surface area contributed by atoms with Crippen LogP contribution in [-0.4, -0.2) is 16.5 Å². The SMILES string of the molecule is CC(C)c1cnc(NCC2CC2)nc1. The molecule has 2 rings (SSSR count). The summed E-state index contributed by atoms with van der Waals surface area (Å²) in [7, 11) is 0. The summed E-state index contributed by atoms with van der Waals surface area (Å²) in [6.07, 6.45) is 6.54. The Labute approximate surface area is 85.0 Å². The van der Waals surface area contributed by atoms with E-state index in [2.05, 4.69) is 29.1 Å². The second kappa shape index (κ2) is 3.95. The molecule has 0 unspecified atom stereocenters. The fourth-order valence-electron chi connectivity index (χ4n) is 1.29. The molecule has 0 atom stereocenters. The van der Waals surface area contributed by atoms with Crippen LogP contribution in [0.2, 0.25) is 0 Å². The molecule has 1 aromatic rings. The lowest BCUT2D eigenvalue weighted by atomic mass is 10.1. The summed E-state index contributed by atoms with van der Waals surface area (Å²) >= 11 is 0. The summed E-state index contributed by atoms with van der Waals surface area (Å²) in [5, 5.41) is 3.25. The van der Waals surface area contributed by atoms with Gasteiger partial charge in [-0.05, 0) is 30.2 Å². The number of hydrogen-bond donors (Lipinski definition) is 1. The highest BCUT2D eigenvalue weighted by atomic mass is 15.1. The van der Waals surface area contributed by atoms with E-state index in [9.17, 15) is 0 Å². The number of hydrogen-bond acceptors (Lipinski definition) is 3. The molecule has 1 aliphatic rings. The van der Waals surface area contributed by atoms with E-state index in [1.165, 1.54) is 18.4 Å². The van der Waals surface area contributed by atoms with Crippen LogP contribution in [0.1, 0.15) is 38.2 Å². The Morgan fingerprint density at radius 3 is 2.50 bits per heavy atom. The van der Waals surface area contributed by atoms with Crippen molar-refractivity contribution in [3.63, 3.8) is 0 Å². The fourth-order valence-corrected chi connectivity index (χ4v) is 1.29. The van der Waals surface area contributed by atoms with Gasteiger partial charge in [0.15, 0.2) is 0 Å². The molecule has 1 N–H and O–H groups in total. The monoisotopic (exact) mass is 191 g/mol. The summed E-state index contributed by atoms with van der Waals surface area (Å²) in [5.74, 6) is 2.14. The second-order valence-electron chi connectivity index (χ2n) is 4.32. The van der Waals surface area contributed by atoms with Crippen LogP contribution in [0.15, 0.2) is 12.4 Å². The minimum Gasteiger partial charge on any atom is -0.354 e. The first kappa shape index (κ1) is 9.44. The third-order valence-corrected chi connectivity index (χ3v) is 2.58. The Morgan fingerprint density at radius 2 is 2.00 bits per heavy atom. The third kappa shape index (κ3) is 2.44. The Kier molecular flexibility index (Phi) is 2.66. The zero-order chi connectivity index (χ0) is 9.97. The topological polar surface area (TPSA) is 37.8 Å². The largest absolute Gasteiger partial charge is 0.354 e. The highest BCUT2D eigenvalue weighted by molar-refractivity contribution is 5.25. The van der Waals surface area contributed by atoms with E-state index < -0.39 is 0 Å². The van der Waals surface area contributed by atoms with Gasteiger partial charge in [0.25, 0.3) is 0 Å². The molecule has 3 nitrogen and oxygen atoms in total. The zero-order valence-corrected chi connectivity index (χ0v) is 8.83. The summed E-state index contributed by atoms with van der Waals surface area (Å²) in [5.41, 5.74) is 1.20. The molecule has 0 radical (unpaired) electrons. The Bertz CT molecular complexity index is 288. The van der Waals surface area contributed by atoms with Crippen LogP contribution < -0.4 is 5.32 Å². The van der Waals surface area contributed by atoms with E-state index in [0.717, 1.165) is 18.4 Å². The van der Waals surface area contributed by atoms with Crippen molar-refractivity contribution in [3.05, 3.63) is 18.0 Å². The quantitative estimate of drug-likeness (QED) is 0.794. The molecule has 0 saturated heterocycles. The van der Waals surface area contributed by atoms with E-state index in [-0.39, 0.29) is 0 Å². The lowest BCUT2D eigenvalue weighted by molar-refractivity contribution is 0.836. The molecule has 3 heteroatoms. The van der Waals surface area contributed by atoms with Crippen molar-refractivity contribution < 1.29 is 0 Å². The predicted molar refractivity (Wildman–Crippen MR) is 57.3 cm³/mol. The first-order valence-corrected chi connectivity index (χ1v) is 5.31. The van der Waals surface area contributed by atoms with Crippen LogP contribution in [0, 0.1) is 5.92 Å². The third-order valence-electron chi connectivity index (χ3n) is 2.58. The highest BCUT2D eigenvalue weighted by Gasteiger charge is 2.20. The molecular formula is C11H17N3. The number of nitrogens with one attached hydrogen (secondary N) is 1. The normalized spacial score (nSPS) is 15.9. The van der Waals surface area contributed by atoms with Crippen LogP contribution in [0.4, 0.5) is 5.95 Å². The highest BCUT2D eigenvalue weighted by Crippen LogP contribution is 2.28. The lowest BCUT2D eigenvalue weighted by Crippen LogP contribution is -2.07. The van der Waals surface area contributed by atoms with Crippen LogP contribution in [0.25, 0.3) is 0 Å². The first-order valence-electron chi connectivity index (χ1n) is 5.31. The maximum atomic E-state index is 4.28. The van der Waals surface area contributed by atoms with Gasteiger partial charge in [-0.15, -0.1) is 0 Å². The van der Waals surface area contributed by atoms with Crippen LogP contribution in [-0.2, 0) is 0 Å². The van der Waals surface area contributed by atoms with E-state index in [4.69, 9.17) is 0 Å². The van der Waals surface area contributed by atoms with Crippen molar-refractivity contribution in [2.45, 2.75) is 32.6 Å². The minimum atomic E-state index is 0.507. The minimum absolute atomic E-state index is 0.507. The summed E-state index contributed by atoms with van der Waals surface area (Å²) in [6, 6.07) is 0. The molecule has 1 aromatic heterocycles. The van der Waals surface area contributed by atoms with Gasteiger partial charge < -0.3 is 5.32 Å². The van der Waals surface area contributed by atoms with Gasteiger partial charge in [0.1, 0.15) is 0 Å². The van der Waals surface area contributed by atoms with Gasteiger partial charge in [-0.2, -0.15) is 0 Å². The van der Waals surface area contributed by atoms with Gasteiger partial charge in [-0.3, -0.25) is 0 Å². The lowest BCUT2D eigenvalue weighted by Gasteiger charge is -2.06. The van der Waals surface area contributed by atoms with Gasteiger partial charge in [-0.1, -0.05) is 13.8 Å².